The standard InChI is InChI=1S/C11H14N4O6/c1-11(6-16,7-17)5-12-13-9-3-2-8(14(18)19)4-10(9)15(20)21/h2-5,13,16-17H,6-7H2,1H3/b12-5+. The fourth-order valence-electron chi connectivity index (χ4n) is 1.27. The van der Waals surface area contributed by atoms with Crippen LogP contribution in [0, 0.1) is 25.6 Å². The van der Waals surface area contributed by atoms with Crippen LogP contribution in [0.4, 0.5) is 17.1 Å². The molecule has 0 fully saturated rings. The van der Waals surface area contributed by atoms with Gasteiger partial charge in [-0.2, -0.15) is 5.10 Å². The first kappa shape index (κ1) is 16.5. The van der Waals surface area contributed by atoms with Crippen LogP contribution in [0.25, 0.3) is 0 Å². The van der Waals surface area contributed by atoms with Crippen molar-refractivity contribution in [3.05, 3.63) is 38.4 Å². The van der Waals surface area contributed by atoms with Crippen molar-refractivity contribution in [2.24, 2.45) is 10.5 Å². The van der Waals surface area contributed by atoms with Crippen LogP contribution in [-0.4, -0.2) is 39.5 Å². The maximum Gasteiger partial charge on any atom is 0.301 e. The summed E-state index contributed by atoms with van der Waals surface area (Å²) in [6.45, 7) is 0.802. The first-order valence-corrected chi connectivity index (χ1v) is 5.78. The van der Waals surface area contributed by atoms with Gasteiger partial charge in [0, 0.05) is 12.3 Å². The van der Waals surface area contributed by atoms with E-state index in [1.807, 2.05) is 0 Å². The van der Waals surface area contributed by atoms with Crippen molar-refractivity contribution in [2.75, 3.05) is 18.6 Å². The van der Waals surface area contributed by atoms with E-state index in [2.05, 4.69) is 10.5 Å². The zero-order chi connectivity index (χ0) is 16.0. The van der Waals surface area contributed by atoms with Crippen LogP contribution in [-0.2, 0) is 0 Å². The molecule has 21 heavy (non-hydrogen) atoms. The molecule has 0 aliphatic rings. The van der Waals surface area contributed by atoms with Gasteiger partial charge in [0.15, 0.2) is 0 Å². The maximum absolute atomic E-state index is 10.9. The molecule has 0 radical (unpaired) electrons. The molecule has 0 amide bonds. The molecule has 1 rings (SSSR count). The molecule has 0 saturated carbocycles. The molecule has 0 bridgehead atoms. The second-order valence-electron chi connectivity index (χ2n) is 4.56. The Morgan fingerprint density at radius 2 is 1.90 bits per heavy atom. The number of nitrogens with zero attached hydrogens (tertiary/aromatic N) is 3. The molecule has 10 heteroatoms. The van der Waals surface area contributed by atoms with Crippen molar-refractivity contribution in [1.29, 1.82) is 0 Å². The van der Waals surface area contributed by atoms with Gasteiger partial charge < -0.3 is 10.2 Å². The molecule has 0 unspecified atom stereocenters. The summed E-state index contributed by atoms with van der Waals surface area (Å²) in [5.74, 6) is 0. The number of nitrogens with one attached hydrogen (secondary N) is 1. The number of benzene rings is 1. The third-order valence-corrected chi connectivity index (χ3v) is 2.67. The number of hydrogen-bond acceptors (Lipinski definition) is 8. The molecular weight excluding hydrogens is 284 g/mol. The third-order valence-electron chi connectivity index (χ3n) is 2.67. The number of anilines is 1. The van der Waals surface area contributed by atoms with Crippen LogP contribution in [0.5, 0.6) is 0 Å². The van der Waals surface area contributed by atoms with Crippen LogP contribution in [0.15, 0.2) is 23.3 Å². The molecule has 0 spiro atoms. The van der Waals surface area contributed by atoms with Gasteiger partial charge in [-0.3, -0.25) is 25.7 Å². The van der Waals surface area contributed by atoms with Gasteiger partial charge in [-0.05, 0) is 6.07 Å². The summed E-state index contributed by atoms with van der Waals surface area (Å²) >= 11 is 0. The smallest absolute Gasteiger partial charge is 0.301 e. The lowest BCUT2D eigenvalue weighted by Crippen LogP contribution is -2.28. The quantitative estimate of drug-likeness (QED) is 0.384. The van der Waals surface area contributed by atoms with E-state index in [0.29, 0.717) is 0 Å². The van der Waals surface area contributed by atoms with E-state index in [1.165, 1.54) is 13.1 Å². The first-order valence-electron chi connectivity index (χ1n) is 5.78. The third kappa shape index (κ3) is 4.19. The van der Waals surface area contributed by atoms with Crippen LogP contribution < -0.4 is 5.43 Å². The molecule has 0 saturated heterocycles. The number of rotatable bonds is 7. The SMILES string of the molecule is CC(/C=N/Nc1ccc([N+](=O)[O-])cc1[N+](=O)[O-])(CO)CO. The second kappa shape index (κ2) is 6.72. The summed E-state index contributed by atoms with van der Waals surface area (Å²) in [5.41, 5.74) is 0.429. The fourth-order valence-corrected chi connectivity index (χ4v) is 1.27. The summed E-state index contributed by atoms with van der Waals surface area (Å²) in [6.07, 6.45) is 1.21. The van der Waals surface area contributed by atoms with Gasteiger partial charge in [0.2, 0.25) is 0 Å². The molecule has 0 aliphatic heterocycles. The lowest BCUT2D eigenvalue weighted by atomic mass is 9.95. The van der Waals surface area contributed by atoms with Crippen molar-refractivity contribution in [2.45, 2.75) is 6.92 Å². The summed E-state index contributed by atoms with van der Waals surface area (Å²) in [4.78, 5) is 20.0. The van der Waals surface area contributed by atoms with E-state index < -0.39 is 26.6 Å². The second-order valence-corrected chi connectivity index (χ2v) is 4.56. The van der Waals surface area contributed by atoms with Gasteiger partial charge in [-0.15, -0.1) is 0 Å². The maximum atomic E-state index is 10.9. The number of aliphatic hydroxyl groups is 2. The Labute approximate surface area is 119 Å². The van der Waals surface area contributed by atoms with Crippen molar-refractivity contribution in [1.82, 2.24) is 0 Å². The Bertz CT molecular complexity index is 570. The van der Waals surface area contributed by atoms with Crippen LogP contribution in [0.3, 0.4) is 0 Å². The Balaban J connectivity index is 3.01. The number of hydrazone groups is 1. The average Bonchev–Trinajstić information content (AvgIpc) is 2.46. The van der Waals surface area contributed by atoms with Crippen molar-refractivity contribution in [3.63, 3.8) is 0 Å². The van der Waals surface area contributed by atoms with E-state index >= 15 is 0 Å². The van der Waals surface area contributed by atoms with E-state index in [4.69, 9.17) is 10.2 Å². The summed E-state index contributed by atoms with van der Waals surface area (Å²) < 4.78 is 0. The topological polar surface area (TPSA) is 151 Å². The number of hydrogen-bond donors (Lipinski definition) is 3. The predicted molar refractivity (Wildman–Crippen MR) is 74.1 cm³/mol. The summed E-state index contributed by atoms with van der Waals surface area (Å²) in [7, 11) is 0. The molecular formula is C11H14N4O6. The largest absolute Gasteiger partial charge is 0.395 e. The summed E-state index contributed by atoms with van der Waals surface area (Å²) in [6, 6.07) is 3.07. The number of nitro benzene ring substituents is 2. The van der Waals surface area contributed by atoms with E-state index in [0.717, 1.165) is 18.2 Å². The minimum absolute atomic E-state index is 0.0416. The fraction of sp³-hybridized carbons (Fsp3) is 0.364. The van der Waals surface area contributed by atoms with Gasteiger partial charge in [0.05, 0.1) is 34.5 Å². The van der Waals surface area contributed by atoms with Gasteiger partial charge in [0.1, 0.15) is 5.69 Å². The highest BCUT2D eigenvalue weighted by molar-refractivity contribution is 5.70. The lowest BCUT2D eigenvalue weighted by molar-refractivity contribution is -0.393. The highest BCUT2D eigenvalue weighted by Gasteiger charge is 2.21. The van der Waals surface area contributed by atoms with Crippen molar-refractivity contribution in [3.8, 4) is 0 Å². The molecule has 0 aliphatic carbocycles. The Kier molecular flexibility index (Phi) is 5.27. The Morgan fingerprint density at radius 1 is 1.29 bits per heavy atom. The molecule has 0 aromatic heterocycles. The van der Waals surface area contributed by atoms with Crippen molar-refractivity contribution < 1.29 is 20.1 Å². The minimum Gasteiger partial charge on any atom is -0.395 e. The Hall–Kier alpha value is -2.59. The van der Waals surface area contributed by atoms with Gasteiger partial charge in [-0.1, -0.05) is 6.92 Å². The van der Waals surface area contributed by atoms with Crippen LogP contribution in [0.1, 0.15) is 6.92 Å². The van der Waals surface area contributed by atoms with Gasteiger partial charge in [0.25, 0.3) is 5.69 Å². The average molecular weight is 298 g/mol. The molecule has 114 valence electrons. The summed E-state index contributed by atoms with van der Waals surface area (Å²) in [5, 5.41) is 43.3. The molecule has 10 nitrogen and oxygen atoms in total. The zero-order valence-electron chi connectivity index (χ0n) is 11.1. The number of aliphatic hydroxyl groups excluding tert-OH is 2. The molecule has 0 atom stereocenters. The van der Waals surface area contributed by atoms with Crippen molar-refractivity contribution >= 4 is 23.3 Å². The van der Waals surface area contributed by atoms with Gasteiger partial charge in [-0.25, -0.2) is 0 Å². The highest BCUT2D eigenvalue weighted by atomic mass is 16.6. The lowest BCUT2D eigenvalue weighted by Gasteiger charge is -2.18. The van der Waals surface area contributed by atoms with E-state index in [1.54, 1.807) is 0 Å². The van der Waals surface area contributed by atoms with Gasteiger partial charge >= 0.3 is 5.69 Å². The first-order chi connectivity index (χ1) is 9.83. The van der Waals surface area contributed by atoms with Crippen LogP contribution in [0.2, 0.25) is 0 Å². The Morgan fingerprint density at radius 3 is 2.38 bits per heavy atom. The molecule has 3 N–H and O–H groups in total. The molecule has 1 aromatic rings. The van der Waals surface area contributed by atoms with E-state index in [9.17, 15) is 20.2 Å². The predicted octanol–water partition coefficient (Wildman–Crippen LogP) is 0.892. The normalized spacial score (nSPS) is 11.6. The monoisotopic (exact) mass is 298 g/mol. The molecule has 0 heterocycles. The minimum atomic E-state index is -0.984. The number of nitro groups is 2. The zero-order valence-corrected chi connectivity index (χ0v) is 11.1. The van der Waals surface area contributed by atoms with Crippen LogP contribution >= 0.6 is 0 Å². The number of non-ortho nitro benzene ring substituents is 1. The van der Waals surface area contributed by atoms with E-state index in [-0.39, 0.29) is 18.9 Å². The molecule has 1 aromatic carbocycles. The highest BCUT2D eigenvalue weighted by Crippen LogP contribution is 2.28.